The highest BCUT2D eigenvalue weighted by Crippen LogP contribution is 2.35. The highest BCUT2D eigenvalue weighted by atomic mass is 19.2. The van der Waals surface area contributed by atoms with E-state index in [9.17, 15) is 27.2 Å². The number of carbonyl (C=O) groups is 2. The number of nitrogens with zero attached hydrogens (tertiary/aromatic N) is 1. The molecule has 3 amide bonds. The maximum atomic E-state index is 14.2. The number of benzene rings is 2. The van der Waals surface area contributed by atoms with Crippen LogP contribution in [-0.2, 0) is 4.79 Å². The van der Waals surface area contributed by atoms with E-state index in [1.165, 1.54) is 26.0 Å². The van der Waals surface area contributed by atoms with Gasteiger partial charge in [-0.1, -0.05) is 6.07 Å². The second-order valence-corrected chi connectivity index (χ2v) is 6.51. The SMILES string of the molecule is CC1c2c(ccc(F)c2F)NC(=O)N1CC(=O)N[C@@H](C)c1ccc(F)cc1F. The molecular weight excluding hydrogens is 378 g/mol. The molecule has 0 radical (unpaired) electrons. The zero-order chi connectivity index (χ0) is 20.6. The molecule has 2 N–H and O–H groups in total. The number of halogens is 4. The molecule has 0 saturated carbocycles. The Kier molecular flexibility index (Phi) is 5.26. The van der Waals surface area contributed by atoms with Crippen LogP contribution < -0.4 is 10.6 Å². The van der Waals surface area contributed by atoms with Gasteiger partial charge in [0.15, 0.2) is 11.6 Å². The molecule has 2 atom stereocenters. The summed E-state index contributed by atoms with van der Waals surface area (Å²) >= 11 is 0. The Bertz CT molecular complexity index is 951. The van der Waals surface area contributed by atoms with E-state index in [1.54, 1.807) is 0 Å². The van der Waals surface area contributed by atoms with Crippen LogP contribution in [0.2, 0.25) is 0 Å². The van der Waals surface area contributed by atoms with Crippen molar-refractivity contribution in [2.75, 3.05) is 11.9 Å². The zero-order valence-corrected chi connectivity index (χ0v) is 15.0. The third-order valence-corrected chi connectivity index (χ3v) is 4.64. The lowest BCUT2D eigenvalue weighted by molar-refractivity contribution is -0.122. The van der Waals surface area contributed by atoms with Crippen LogP contribution in [0.25, 0.3) is 0 Å². The smallest absolute Gasteiger partial charge is 0.322 e. The first-order valence-electron chi connectivity index (χ1n) is 8.49. The minimum atomic E-state index is -1.10. The van der Waals surface area contributed by atoms with Crippen LogP contribution in [0, 0.1) is 23.3 Å². The van der Waals surface area contributed by atoms with Crippen molar-refractivity contribution in [3.05, 3.63) is 64.7 Å². The van der Waals surface area contributed by atoms with Gasteiger partial charge in [0, 0.05) is 17.2 Å². The van der Waals surface area contributed by atoms with E-state index in [0.29, 0.717) is 6.07 Å². The van der Waals surface area contributed by atoms with Crippen molar-refractivity contribution >= 4 is 17.6 Å². The van der Waals surface area contributed by atoms with Gasteiger partial charge in [-0.3, -0.25) is 4.79 Å². The van der Waals surface area contributed by atoms with Gasteiger partial charge in [0.2, 0.25) is 5.91 Å². The van der Waals surface area contributed by atoms with E-state index in [2.05, 4.69) is 10.6 Å². The number of nitrogens with one attached hydrogen (secondary N) is 2. The lowest BCUT2D eigenvalue weighted by Gasteiger charge is -2.35. The Morgan fingerprint density at radius 1 is 1.18 bits per heavy atom. The summed E-state index contributed by atoms with van der Waals surface area (Å²) in [4.78, 5) is 25.6. The number of rotatable bonds is 4. The van der Waals surface area contributed by atoms with Gasteiger partial charge in [-0.15, -0.1) is 0 Å². The molecule has 3 rings (SSSR count). The first kappa shape index (κ1) is 19.7. The third kappa shape index (κ3) is 3.64. The second-order valence-electron chi connectivity index (χ2n) is 6.51. The Hall–Kier alpha value is -3.10. The van der Waals surface area contributed by atoms with Crippen molar-refractivity contribution < 1.29 is 27.2 Å². The number of anilines is 1. The van der Waals surface area contributed by atoms with Crippen LogP contribution in [-0.4, -0.2) is 23.4 Å². The van der Waals surface area contributed by atoms with Crippen molar-refractivity contribution in [3.63, 3.8) is 0 Å². The molecule has 1 heterocycles. The van der Waals surface area contributed by atoms with Crippen LogP contribution in [0.5, 0.6) is 0 Å². The average molecular weight is 395 g/mol. The molecule has 1 aliphatic rings. The lowest BCUT2D eigenvalue weighted by Crippen LogP contribution is -2.47. The number of amides is 3. The van der Waals surface area contributed by atoms with E-state index in [1.807, 2.05) is 0 Å². The molecule has 9 heteroatoms. The molecular formula is C19H17F4N3O2. The molecule has 0 fully saturated rings. The normalized spacial score (nSPS) is 17.0. The predicted molar refractivity (Wildman–Crippen MR) is 93.4 cm³/mol. The summed E-state index contributed by atoms with van der Waals surface area (Å²) in [6.45, 7) is 2.50. The fraction of sp³-hybridized carbons (Fsp3) is 0.263. The van der Waals surface area contributed by atoms with Crippen molar-refractivity contribution in [1.82, 2.24) is 10.2 Å². The van der Waals surface area contributed by atoms with E-state index in [4.69, 9.17) is 0 Å². The predicted octanol–water partition coefficient (Wildman–Crippen LogP) is 4.03. The van der Waals surface area contributed by atoms with Gasteiger partial charge in [-0.25, -0.2) is 22.4 Å². The molecule has 2 aromatic rings. The summed E-state index contributed by atoms with van der Waals surface area (Å²) in [6, 6.07) is 2.78. The molecule has 0 saturated heterocycles. The van der Waals surface area contributed by atoms with Crippen molar-refractivity contribution in [2.24, 2.45) is 0 Å². The Morgan fingerprint density at radius 2 is 1.89 bits per heavy atom. The average Bonchev–Trinajstić information content (AvgIpc) is 2.61. The van der Waals surface area contributed by atoms with Gasteiger partial charge in [-0.05, 0) is 32.0 Å². The molecule has 5 nitrogen and oxygen atoms in total. The van der Waals surface area contributed by atoms with Gasteiger partial charge in [0.25, 0.3) is 0 Å². The second kappa shape index (κ2) is 7.49. The van der Waals surface area contributed by atoms with E-state index < -0.39 is 53.8 Å². The van der Waals surface area contributed by atoms with Crippen LogP contribution in [0.15, 0.2) is 30.3 Å². The van der Waals surface area contributed by atoms with Crippen LogP contribution in [0.4, 0.5) is 28.0 Å². The van der Waals surface area contributed by atoms with E-state index in [-0.39, 0.29) is 16.8 Å². The van der Waals surface area contributed by atoms with Crippen LogP contribution in [0.1, 0.15) is 37.1 Å². The number of hydrogen-bond acceptors (Lipinski definition) is 2. The summed E-state index contributed by atoms with van der Waals surface area (Å²) in [7, 11) is 0. The monoisotopic (exact) mass is 395 g/mol. The number of carbonyl (C=O) groups excluding carboxylic acids is 2. The quantitative estimate of drug-likeness (QED) is 0.768. The fourth-order valence-electron chi connectivity index (χ4n) is 3.18. The van der Waals surface area contributed by atoms with Crippen LogP contribution in [0.3, 0.4) is 0 Å². The number of hydrogen-bond donors (Lipinski definition) is 2. The maximum Gasteiger partial charge on any atom is 0.322 e. The highest BCUT2D eigenvalue weighted by molar-refractivity contribution is 5.95. The minimum absolute atomic E-state index is 0.0648. The summed E-state index contributed by atoms with van der Waals surface area (Å²) in [5, 5.41) is 4.92. The van der Waals surface area contributed by atoms with E-state index >= 15 is 0 Å². The molecule has 0 bridgehead atoms. The largest absolute Gasteiger partial charge is 0.348 e. The summed E-state index contributed by atoms with van der Waals surface area (Å²) in [5.41, 5.74) is 0.143. The van der Waals surface area contributed by atoms with Gasteiger partial charge < -0.3 is 15.5 Å². The van der Waals surface area contributed by atoms with Gasteiger partial charge >= 0.3 is 6.03 Å². The fourth-order valence-corrected chi connectivity index (χ4v) is 3.18. The summed E-state index contributed by atoms with van der Waals surface area (Å²) < 4.78 is 54.6. The molecule has 148 valence electrons. The van der Waals surface area contributed by atoms with Crippen molar-refractivity contribution in [2.45, 2.75) is 25.9 Å². The topological polar surface area (TPSA) is 61.4 Å². The molecule has 0 aliphatic carbocycles. The molecule has 1 aliphatic heterocycles. The Morgan fingerprint density at radius 3 is 2.57 bits per heavy atom. The number of urea groups is 1. The molecule has 2 aromatic carbocycles. The minimum Gasteiger partial charge on any atom is -0.348 e. The molecule has 0 spiro atoms. The Labute approximate surface area is 158 Å². The standard InChI is InChI=1S/C19H17F4N3O2/c1-9(12-4-3-11(20)7-14(12)22)24-16(27)8-26-10(2)17-15(25-19(26)28)6-5-13(21)18(17)23/h3-7,9-10H,8H2,1-2H3,(H,24,27)(H,25,28)/t9-,10?/m0/s1. The third-order valence-electron chi connectivity index (χ3n) is 4.64. The zero-order valence-electron chi connectivity index (χ0n) is 15.0. The van der Waals surface area contributed by atoms with Crippen LogP contribution >= 0.6 is 0 Å². The van der Waals surface area contributed by atoms with Gasteiger partial charge in [0.1, 0.15) is 18.2 Å². The Balaban J connectivity index is 1.74. The molecule has 0 aromatic heterocycles. The van der Waals surface area contributed by atoms with Gasteiger partial charge in [-0.2, -0.15) is 0 Å². The summed E-state index contributed by atoms with van der Waals surface area (Å²) in [5.74, 6) is -4.36. The molecule has 1 unspecified atom stereocenters. The highest BCUT2D eigenvalue weighted by Gasteiger charge is 2.34. The maximum absolute atomic E-state index is 14.2. The lowest BCUT2D eigenvalue weighted by atomic mass is 10.0. The number of fused-ring (bicyclic) bond motifs is 1. The first-order chi connectivity index (χ1) is 13.2. The van der Waals surface area contributed by atoms with Crippen molar-refractivity contribution in [3.8, 4) is 0 Å². The first-order valence-corrected chi connectivity index (χ1v) is 8.49. The van der Waals surface area contributed by atoms with Gasteiger partial charge in [0.05, 0.1) is 17.8 Å². The summed E-state index contributed by atoms with van der Waals surface area (Å²) in [6.07, 6.45) is 0. The molecule has 28 heavy (non-hydrogen) atoms. The van der Waals surface area contributed by atoms with E-state index in [0.717, 1.165) is 17.0 Å². The van der Waals surface area contributed by atoms with Crippen molar-refractivity contribution in [1.29, 1.82) is 0 Å².